The van der Waals surface area contributed by atoms with Crippen LogP contribution in [0.3, 0.4) is 0 Å². The van der Waals surface area contributed by atoms with Gasteiger partial charge in [0.1, 0.15) is 0 Å². The molecule has 5 heteroatoms. The van der Waals surface area contributed by atoms with Gasteiger partial charge in [0.2, 0.25) is 0 Å². The Hall–Kier alpha value is -1.26. The summed E-state index contributed by atoms with van der Waals surface area (Å²) in [6.45, 7) is 4.18. The van der Waals surface area contributed by atoms with Crippen LogP contribution in [0, 0.1) is 0 Å². The molecule has 74 valence electrons. The maximum Gasteiger partial charge on any atom is 0.318 e. The first-order valence-corrected chi connectivity index (χ1v) is 4.30. The molecule has 1 aliphatic rings. The second-order valence-electron chi connectivity index (χ2n) is 3.44. The second kappa shape index (κ2) is 3.64. The predicted molar refractivity (Wildman–Crippen MR) is 46.4 cm³/mol. The Morgan fingerprint density at radius 3 is 2.85 bits per heavy atom. The number of rotatable bonds is 3. The van der Waals surface area contributed by atoms with E-state index in [-0.39, 0.29) is 24.5 Å². The summed E-state index contributed by atoms with van der Waals surface area (Å²) in [6.07, 6.45) is 0.0108. The molecule has 2 N–H and O–H groups in total. The summed E-state index contributed by atoms with van der Waals surface area (Å²) in [5, 5.41) is 11.2. The highest BCUT2D eigenvalue weighted by molar-refractivity contribution is 5.78. The Bertz CT molecular complexity index is 227. The van der Waals surface area contributed by atoms with Crippen molar-refractivity contribution >= 4 is 12.0 Å². The van der Waals surface area contributed by atoms with Crippen LogP contribution in [0.4, 0.5) is 4.79 Å². The van der Waals surface area contributed by atoms with Gasteiger partial charge in [-0.15, -0.1) is 0 Å². The van der Waals surface area contributed by atoms with Crippen molar-refractivity contribution in [2.75, 3.05) is 6.54 Å². The standard InChI is InChI=1S/C8H14N2O3/c1-5(2)10-6(3-7(11)12)4-9-8(10)13/h5-6H,3-4H2,1-2H3,(H,9,13)(H,11,12). The van der Waals surface area contributed by atoms with E-state index in [0.29, 0.717) is 6.54 Å². The molecular weight excluding hydrogens is 172 g/mol. The Labute approximate surface area is 76.7 Å². The minimum absolute atomic E-state index is 0.0108. The molecule has 0 spiro atoms. The topological polar surface area (TPSA) is 69.6 Å². The molecule has 0 saturated carbocycles. The molecule has 1 aliphatic heterocycles. The van der Waals surface area contributed by atoms with Crippen molar-refractivity contribution in [1.82, 2.24) is 10.2 Å². The van der Waals surface area contributed by atoms with Gasteiger partial charge in [0, 0.05) is 12.6 Å². The van der Waals surface area contributed by atoms with Crippen LogP contribution < -0.4 is 5.32 Å². The highest BCUT2D eigenvalue weighted by Crippen LogP contribution is 2.14. The van der Waals surface area contributed by atoms with Crippen molar-refractivity contribution in [3.8, 4) is 0 Å². The molecule has 1 rings (SSSR count). The lowest BCUT2D eigenvalue weighted by molar-refractivity contribution is -0.138. The van der Waals surface area contributed by atoms with E-state index in [0.717, 1.165) is 0 Å². The Morgan fingerprint density at radius 1 is 1.77 bits per heavy atom. The van der Waals surface area contributed by atoms with Crippen molar-refractivity contribution < 1.29 is 14.7 Å². The fourth-order valence-corrected chi connectivity index (χ4v) is 1.59. The van der Waals surface area contributed by atoms with E-state index < -0.39 is 5.97 Å². The van der Waals surface area contributed by atoms with Crippen molar-refractivity contribution in [1.29, 1.82) is 0 Å². The van der Waals surface area contributed by atoms with Crippen LogP contribution in [0.5, 0.6) is 0 Å². The monoisotopic (exact) mass is 186 g/mol. The molecule has 1 atom stereocenters. The highest BCUT2D eigenvalue weighted by atomic mass is 16.4. The zero-order valence-electron chi connectivity index (χ0n) is 7.78. The molecule has 1 unspecified atom stereocenters. The molecule has 0 radical (unpaired) electrons. The molecule has 0 bridgehead atoms. The molecule has 1 saturated heterocycles. The number of carboxylic acid groups (broad SMARTS) is 1. The first-order chi connectivity index (χ1) is 6.02. The second-order valence-corrected chi connectivity index (χ2v) is 3.44. The Morgan fingerprint density at radius 2 is 2.38 bits per heavy atom. The largest absolute Gasteiger partial charge is 0.481 e. The quantitative estimate of drug-likeness (QED) is 0.664. The molecule has 1 fully saturated rings. The number of hydrogen-bond acceptors (Lipinski definition) is 2. The van der Waals surface area contributed by atoms with E-state index >= 15 is 0 Å². The molecule has 13 heavy (non-hydrogen) atoms. The smallest absolute Gasteiger partial charge is 0.318 e. The fourth-order valence-electron chi connectivity index (χ4n) is 1.59. The summed E-state index contributed by atoms with van der Waals surface area (Å²) in [5.74, 6) is -0.868. The Balaban J connectivity index is 2.64. The van der Waals surface area contributed by atoms with Crippen molar-refractivity contribution in [3.63, 3.8) is 0 Å². The van der Waals surface area contributed by atoms with E-state index in [9.17, 15) is 9.59 Å². The van der Waals surface area contributed by atoms with Gasteiger partial charge < -0.3 is 15.3 Å². The Kier molecular flexibility index (Phi) is 2.75. The van der Waals surface area contributed by atoms with Crippen LogP contribution in [0.2, 0.25) is 0 Å². The van der Waals surface area contributed by atoms with Gasteiger partial charge in [-0.3, -0.25) is 4.79 Å². The molecule has 0 aromatic heterocycles. The lowest BCUT2D eigenvalue weighted by Crippen LogP contribution is -2.40. The van der Waals surface area contributed by atoms with Crippen molar-refractivity contribution in [3.05, 3.63) is 0 Å². The van der Waals surface area contributed by atoms with Crippen LogP contribution in [0.25, 0.3) is 0 Å². The van der Waals surface area contributed by atoms with Gasteiger partial charge in [0.15, 0.2) is 0 Å². The summed E-state index contributed by atoms with van der Waals surface area (Å²) in [6, 6.07) is -0.321. The molecule has 0 aromatic rings. The number of hydrogen-bond donors (Lipinski definition) is 2. The van der Waals surface area contributed by atoms with Crippen molar-refractivity contribution in [2.45, 2.75) is 32.4 Å². The van der Waals surface area contributed by atoms with Gasteiger partial charge in [-0.05, 0) is 13.8 Å². The van der Waals surface area contributed by atoms with Gasteiger partial charge in [-0.25, -0.2) is 4.79 Å². The van der Waals surface area contributed by atoms with E-state index in [4.69, 9.17) is 5.11 Å². The van der Waals surface area contributed by atoms with Gasteiger partial charge >= 0.3 is 12.0 Å². The van der Waals surface area contributed by atoms with Gasteiger partial charge in [0.05, 0.1) is 12.5 Å². The zero-order valence-corrected chi connectivity index (χ0v) is 7.78. The third kappa shape index (κ3) is 2.11. The van der Waals surface area contributed by atoms with E-state index in [1.54, 1.807) is 4.90 Å². The first kappa shape index (κ1) is 9.83. The minimum atomic E-state index is -0.868. The van der Waals surface area contributed by atoms with Crippen LogP contribution in [-0.2, 0) is 4.79 Å². The summed E-state index contributed by atoms with van der Waals surface area (Å²) in [7, 11) is 0. The average Bonchev–Trinajstić information content (AvgIpc) is 2.30. The number of carboxylic acids is 1. The minimum Gasteiger partial charge on any atom is -0.481 e. The molecule has 2 amide bonds. The third-order valence-corrected chi connectivity index (χ3v) is 2.08. The fraction of sp³-hybridized carbons (Fsp3) is 0.750. The maximum atomic E-state index is 11.2. The highest BCUT2D eigenvalue weighted by Gasteiger charge is 2.33. The lowest BCUT2D eigenvalue weighted by Gasteiger charge is -2.25. The number of carbonyl (C=O) groups is 2. The predicted octanol–water partition coefficient (Wildman–Crippen LogP) is 0.263. The summed E-state index contributed by atoms with van der Waals surface area (Å²) >= 11 is 0. The summed E-state index contributed by atoms with van der Waals surface area (Å²) < 4.78 is 0. The maximum absolute atomic E-state index is 11.2. The van der Waals surface area contributed by atoms with Gasteiger partial charge in [-0.1, -0.05) is 0 Å². The average molecular weight is 186 g/mol. The number of urea groups is 1. The van der Waals surface area contributed by atoms with Crippen LogP contribution in [-0.4, -0.2) is 40.6 Å². The summed E-state index contributed by atoms with van der Waals surface area (Å²) in [5.41, 5.74) is 0. The number of nitrogens with one attached hydrogen (secondary N) is 1. The normalized spacial score (nSPS) is 22.2. The molecule has 5 nitrogen and oxygen atoms in total. The summed E-state index contributed by atoms with van der Waals surface area (Å²) in [4.78, 5) is 23.3. The zero-order chi connectivity index (χ0) is 10.0. The first-order valence-electron chi connectivity index (χ1n) is 4.30. The van der Waals surface area contributed by atoms with Crippen LogP contribution in [0.1, 0.15) is 20.3 Å². The molecular formula is C8H14N2O3. The van der Waals surface area contributed by atoms with E-state index in [1.807, 2.05) is 13.8 Å². The number of nitrogens with zero attached hydrogens (tertiary/aromatic N) is 1. The number of amides is 2. The molecule has 1 heterocycles. The van der Waals surface area contributed by atoms with E-state index in [2.05, 4.69) is 5.32 Å². The SMILES string of the molecule is CC(C)N1C(=O)NCC1CC(=O)O. The molecule has 0 aliphatic carbocycles. The lowest BCUT2D eigenvalue weighted by atomic mass is 10.1. The third-order valence-electron chi connectivity index (χ3n) is 2.08. The molecule has 0 aromatic carbocycles. The number of aliphatic carboxylic acids is 1. The van der Waals surface area contributed by atoms with Gasteiger partial charge in [0.25, 0.3) is 0 Å². The number of carbonyl (C=O) groups excluding carboxylic acids is 1. The van der Waals surface area contributed by atoms with E-state index in [1.165, 1.54) is 0 Å². The van der Waals surface area contributed by atoms with Gasteiger partial charge in [-0.2, -0.15) is 0 Å². The van der Waals surface area contributed by atoms with Crippen molar-refractivity contribution in [2.24, 2.45) is 0 Å². The van der Waals surface area contributed by atoms with Crippen LogP contribution in [0.15, 0.2) is 0 Å². The van der Waals surface area contributed by atoms with Crippen LogP contribution >= 0.6 is 0 Å².